The van der Waals surface area contributed by atoms with Crippen molar-refractivity contribution in [2.45, 2.75) is 25.8 Å². The Labute approximate surface area is 128 Å². The van der Waals surface area contributed by atoms with Crippen LogP contribution < -0.4 is 5.32 Å². The maximum absolute atomic E-state index is 13.7. The number of rotatable bonds is 4. The third-order valence-corrected chi connectivity index (χ3v) is 4.01. The number of halogens is 2. The van der Waals surface area contributed by atoms with Crippen LogP contribution in [0, 0.1) is 24.5 Å². The molecule has 4 heteroatoms. The van der Waals surface area contributed by atoms with Gasteiger partial charge in [0.05, 0.1) is 11.6 Å². The highest BCUT2D eigenvalue weighted by atomic mass is 19.2. The molecule has 114 valence electrons. The highest BCUT2D eigenvalue weighted by molar-refractivity contribution is 5.94. The van der Waals surface area contributed by atoms with Gasteiger partial charge in [0.15, 0.2) is 11.6 Å². The van der Waals surface area contributed by atoms with Gasteiger partial charge in [-0.2, -0.15) is 0 Å². The lowest BCUT2D eigenvalue weighted by Gasteiger charge is -2.19. The summed E-state index contributed by atoms with van der Waals surface area (Å²) in [6.07, 6.45) is 2.06. The molecule has 1 N–H and O–H groups in total. The van der Waals surface area contributed by atoms with Crippen molar-refractivity contribution in [2.24, 2.45) is 5.92 Å². The molecular formula is C18H17F2NO. The van der Waals surface area contributed by atoms with Gasteiger partial charge in [0, 0.05) is 0 Å². The van der Waals surface area contributed by atoms with E-state index >= 15 is 0 Å². The van der Waals surface area contributed by atoms with Crippen LogP contribution in [-0.2, 0) is 0 Å². The lowest BCUT2D eigenvalue weighted by molar-refractivity contribution is 0.0926. The van der Waals surface area contributed by atoms with E-state index in [1.54, 1.807) is 0 Å². The van der Waals surface area contributed by atoms with Gasteiger partial charge in [-0.3, -0.25) is 4.79 Å². The quantitative estimate of drug-likeness (QED) is 0.903. The molecule has 3 rings (SSSR count). The fourth-order valence-corrected chi connectivity index (χ4v) is 2.57. The van der Waals surface area contributed by atoms with Crippen LogP contribution in [-0.4, -0.2) is 5.91 Å². The standard InChI is InChI=1S/C18H17F2NO/c1-11-5-7-12(8-6-11)17(13-9-10-13)21-18(22)14-3-2-4-15(19)16(14)20/h2-8,13,17H,9-10H2,1H3,(H,21,22). The van der Waals surface area contributed by atoms with Crippen LogP contribution in [0.5, 0.6) is 0 Å². The maximum atomic E-state index is 13.7. The maximum Gasteiger partial charge on any atom is 0.254 e. The normalized spacial score (nSPS) is 15.4. The fourth-order valence-electron chi connectivity index (χ4n) is 2.57. The Morgan fingerprint density at radius 2 is 1.82 bits per heavy atom. The fraction of sp³-hybridized carbons (Fsp3) is 0.278. The predicted molar refractivity (Wildman–Crippen MR) is 80.5 cm³/mol. The van der Waals surface area contributed by atoms with Crippen molar-refractivity contribution in [1.29, 1.82) is 0 Å². The third-order valence-electron chi connectivity index (χ3n) is 4.01. The van der Waals surface area contributed by atoms with Gasteiger partial charge >= 0.3 is 0 Å². The van der Waals surface area contributed by atoms with Crippen LogP contribution >= 0.6 is 0 Å². The summed E-state index contributed by atoms with van der Waals surface area (Å²) in [6.45, 7) is 2.00. The molecule has 1 fully saturated rings. The van der Waals surface area contributed by atoms with Gasteiger partial charge in [0.1, 0.15) is 0 Å². The summed E-state index contributed by atoms with van der Waals surface area (Å²) >= 11 is 0. The Hall–Kier alpha value is -2.23. The molecule has 1 amide bonds. The lowest BCUT2D eigenvalue weighted by Crippen LogP contribution is -2.30. The summed E-state index contributed by atoms with van der Waals surface area (Å²) in [7, 11) is 0. The van der Waals surface area contributed by atoms with Crippen LogP contribution in [0.15, 0.2) is 42.5 Å². The van der Waals surface area contributed by atoms with Crippen LogP contribution in [0.25, 0.3) is 0 Å². The zero-order valence-corrected chi connectivity index (χ0v) is 12.3. The van der Waals surface area contributed by atoms with Gasteiger partial charge < -0.3 is 5.32 Å². The van der Waals surface area contributed by atoms with Crippen molar-refractivity contribution in [1.82, 2.24) is 5.32 Å². The van der Waals surface area contributed by atoms with Crippen LogP contribution in [0.1, 0.15) is 40.4 Å². The average molecular weight is 301 g/mol. The Morgan fingerprint density at radius 3 is 2.45 bits per heavy atom. The van der Waals surface area contributed by atoms with Crippen molar-refractivity contribution in [2.75, 3.05) is 0 Å². The first-order valence-corrected chi connectivity index (χ1v) is 7.37. The van der Waals surface area contributed by atoms with E-state index in [1.165, 1.54) is 12.1 Å². The second-order valence-corrected chi connectivity index (χ2v) is 5.80. The second-order valence-electron chi connectivity index (χ2n) is 5.80. The summed E-state index contributed by atoms with van der Waals surface area (Å²) in [5, 5.41) is 2.85. The van der Waals surface area contributed by atoms with E-state index < -0.39 is 17.5 Å². The highest BCUT2D eigenvalue weighted by Crippen LogP contribution is 2.41. The largest absolute Gasteiger partial charge is 0.345 e. The molecule has 1 saturated carbocycles. The number of carbonyl (C=O) groups is 1. The molecule has 1 atom stereocenters. The molecule has 0 bridgehead atoms. The number of hydrogen-bond acceptors (Lipinski definition) is 1. The van der Waals surface area contributed by atoms with Crippen molar-refractivity contribution >= 4 is 5.91 Å². The summed E-state index contributed by atoms with van der Waals surface area (Å²) < 4.78 is 27.0. The van der Waals surface area contributed by atoms with Crippen molar-refractivity contribution in [3.63, 3.8) is 0 Å². The molecular weight excluding hydrogens is 284 g/mol. The summed E-state index contributed by atoms with van der Waals surface area (Å²) in [6, 6.07) is 11.4. The second kappa shape index (κ2) is 5.87. The zero-order chi connectivity index (χ0) is 15.7. The van der Waals surface area contributed by atoms with Crippen molar-refractivity contribution < 1.29 is 13.6 Å². The molecule has 2 aromatic rings. The molecule has 0 spiro atoms. The van der Waals surface area contributed by atoms with Crippen molar-refractivity contribution in [3.8, 4) is 0 Å². The van der Waals surface area contributed by atoms with E-state index in [-0.39, 0.29) is 11.6 Å². The molecule has 0 heterocycles. The topological polar surface area (TPSA) is 29.1 Å². The molecule has 1 aliphatic rings. The van der Waals surface area contributed by atoms with Gasteiger partial charge in [-0.25, -0.2) is 8.78 Å². The van der Waals surface area contributed by atoms with Crippen molar-refractivity contribution in [3.05, 3.63) is 70.8 Å². The van der Waals surface area contributed by atoms with E-state index in [0.29, 0.717) is 5.92 Å². The third kappa shape index (κ3) is 3.01. The van der Waals surface area contributed by atoms with Gasteiger partial charge in [0.25, 0.3) is 5.91 Å². The Kier molecular flexibility index (Phi) is 3.92. The first-order valence-electron chi connectivity index (χ1n) is 7.37. The Balaban J connectivity index is 1.83. The average Bonchev–Trinajstić information content (AvgIpc) is 3.33. The highest BCUT2D eigenvalue weighted by Gasteiger charge is 2.34. The van der Waals surface area contributed by atoms with E-state index in [1.807, 2.05) is 31.2 Å². The summed E-state index contributed by atoms with van der Waals surface area (Å²) in [5.74, 6) is -2.32. The first-order chi connectivity index (χ1) is 10.6. The van der Waals surface area contributed by atoms with Crippen LogP contribution in [0.3, 0.4) is 0 Å². The molecule has 0 aromatic heterocycles. The Morgan fingerprint density at radius 1 is 1.14 bits per heavy atom. The number of amides is 1. The monoisotopic (exact) mass is 301 g/mol. The lowest BCUT2D eigenvalue weighted by atomic mass is 10.0. The van der Waals surface area contributed by atoms with E-state index in [9.17, 15) is 13.6 Å². The van der Waals surface area contributed by atoms with Gasteiger partial charge in [0.2, 0.25) is 0 Å². The van der Waals surface area contributed by atoms with Gasteiger partial charge in [-0.15, -0.1) is 0 Å². The summed E-state index contributed by atoms with van der Waals surface area (Å²) in [5.41, 5.74) is 1.89. The molecule has 1 aliphatic carbocycles. The molecule has 1 unspecified atom stereocenters. The number of carbonyl (C=O) groups excluding carboxylic acids is 1. The van der Waals surface area contributed by atoms with E-state index in [0.717, 1.165) is 30.0 Å². The molecule has 2 nitrogen and oxygen atoms in total. The first kappa shape index (κ1) is 14.7. The molecule has 0 radical (unpaired) electrons. The smallest absolute Gasteiger partial charge is 0.254 e. The van der Waals surface area contributed by atoms with E-state index in [4.69, 9.17) is 0 Å². The van der Waals surface area contributed by atoms with E-state index in [2.05, 4.69) is 5.32 Å². The van der Waals surface area contributed by atoms with Gasteiger partial charge in [-0.05, 0) is 43.4 Å². The van der Waals surface area contributed by atoms with Crippen LogP contribution in [0.4, 0.5) is 8.78 Å². The molecule has 0 aliphatic heterocycles. The minimum Gasteiger partial charge on any atom is -0.345 e. The molecule has 2 aromatic carbocycles. The van der Waals surface area contributed by atoms with Crippen LogP contribution in [0.2, 0.25) is 0 Å². The molecule has 22 heavy (non-hydrogen) atoms. The minimum atomic E-state index is -1.10. The summed E-state index contributed by atoms with van der Waals surface area (Å²) in [4.78, 5) is 12.3. The number of hydrogen-bond donors (Lipinski definition) is 1. The molecule has 0 saturated heterocycles. The number of benzene rings is 2. The minimum absolute atomic E-state index is 0.157. The number of nitrogens with one attached hydrogen (secondary N) is 1. The Bertz CT molecular complexity index is 693. The van der Waals surface area contributed by atoms with Gasteiger partial charge in [-0.1, -0.05) is 35.9 Å². The SMILES string of the molecule is Cc1ccc(C(NC(=O)c2cccc(F)c2F)C2CC2)cc1. The predicted octanol–water partition coefficient (Wildman–Crippen LogP) is 4.15. The number of aryl methyl sites for hydroxylation is 1. The zero-order valence-electron chi connectivity index (χ0n) is 12.3.